The fourth-order valence-electron chi connectivity index (χ4n) is 4.97. The Labute approximate surface area is 166 Å². The van der Waals surface area contributed by atoms with E-state index in [-0.39, 0.29) is 33.1 Å². The summed E-state index contributed by atoms with van der Waals surface area (Å²) in [6.45, 7) is 5.59. The number of nitrogens with zero attached hydrogens (tertiary/aromatic N) is 3. The number of anilines is 1. The van der Waals surface area contributed by atoms with Crippen LogP contribution in [0.2, 0.25) is 5.02 Å². The fourth-order valence-corrected chi connectivity index (χ4v) is 5.38. The number of halogens is 2. The maximum atomic E-state index is 15.1. The first kappa shape index (κ1) is 17.9. The van der Waals surface area contributed by atoms with Crippen molar-refractivity contribution in [3.63, 3.8) is 0 Å². The predicted octanol–water partition coefficient (Wildman–Crippen LogP) is 3.11. The minimum Gasteiger partial charge on any atom is -0.477 e. The van der Waals surface area contributed by atoms with Crippen molar-refractivity contribution in [3.8, 4) is 0 Å². The van der Waals surface area contributed by atoms with Crippen LogP contribution in [0.5, 0.6) is 0 Å². The molecule has 2 atom stereocenters. The lowest BCUT2D eigenvalue weighted by Gasteiger charge is -2.27. The third kappa shape index (κ3) is 2.06. The van der Waals surface area contributed by atoms with Crippen LogP contribution in [0.4, 0.5) is 10.1 Å². The quantitative estimate of drug-likeness (QED) is 0.795. The van der Waals surface area contributed by atoms with Crippen molar-refractivity contribution in [3.05, 3.63) is 38.9 Å². The number of carbonyl (C=O) groups is 1. The van der Waals surface area contributed by atoms with Crippen LogP contribution in [0.15, 0.2) is 17.1 Å². The summed E-state index contributed by atoms with van der Waals surface area (Å²) in [6, 6.07) is 1.24. The van der Waals surface area contributed by atoms with Crippen LogP contribution in [0.25, 0.3) is 10.9 Å². The van der Waals surface area contributed by atoms with E-state index in [0.717, 1.165) is 18.9 Å². The van der Waals surface area contributed by atoms with Gasteiger partial charge in [-0.05, 0) is 39.8 Å². The second-order valence-corrected chi connectivity index (χ2v) is 9.07. The molecule has 2 saturated heterocycles. The van der Waals surface area contributed by atoms with Gasteiger partial charge in [0, 0.05) is 25.3 Å². The molecule has 28 heavy (non-hydrogen) atoms. The minimum absolute atomic E-state index is 0.0250. The first-order chi connectivity index (χ1) is 13.1. The molecule has 1 N–H and O–H groups in total. The van der Waals surface area contributed by atoms with Crippen LogP contribution < -0.4 is 10.3 Å². The van der Waals surface area contributed by atoms with Crippen molar-refractivity contribution in [2.75, 3.05) is 25.0 Å². The highest BCUT2D eigenvalue weighted by Gasteiger charge is 2.72. The van der Waals surface area contributed by atoms with Crippen molar-refractivity contribution >= 4 is 34.2 Å². The van der Waals surface area contributed by atoms with Gasteiger partial charge in [0.15, 0.2) is 0 Å². The van der Waals surface area contributed by atoms with Crippen molar-refractivity contribution in [2.45, 2.75) is 43.8 Å². The van der Waals surface area contributed by atoms with Crippen LogP contribution in [-0.4, -0.2) is 51.8 Å². The molecular weight excluding hydrogens is 385 g/mol. The molecule has 1 aliphatic carbocycles. The Balaban J connectivity index is 1.73. The molecule has 5 rings (SSSR count). The van der Waals surface area contributed by atoms with Crippen molar-refractivity contribution < 1.29 is 14.3 Å². The largest absolute Gasteiger partial charge is 0.477 e. The van der Waals surface area contributed by atoms with E-state index in [1.807, 2.05) is 4.90 Å². The molecule has 1 aromatic carbocycles. The van der Waals surface area contributed by atoms with E-state index in [9.17, 15) is 14.7 Å². The number of aromatic carboxylic acids is 1. The molecule has 0 spiro atoms. The van der Waals surface area contributed by atoms with Gasteiger partial charge in [-0.2, -0.15) is 0 Å². The minimum atomic E-state index is -1.31. The second-order valence-electron chi connectivity index (χ2n) is 8.70. The lowest BCUT2D eigenvalue weighted by Crippen LogP contribution is -2.34. The highest BCUT2D eigenvalue weighted by Crippen LogP contribution is 2.57. The molecule has 1 aromatic heterocycles. The highest BCUT2D eigenvalue weighted by atomic mass is 35.5. The smallest absolute Gasteiger partial charge is 0.341 e. The predicted molar refractivity (Wildman–Crippen MR) is 105 cm³/mol. The molecule has 0 bridgehead atoms. The summed E-state index contributed by atoms with van der Waals surface area (Å²) in [5.74, 6) is -1.90. The Hall–Kier alpha value is -2.12. The van der Waals surface area contributed by atoms with Gasteiger partial charge in [-0.1, -0.05) is 11.6 Å². The van der Waals surface area contributed by atoms with Crippen LogP contribution in [0.1, 0.15) is 43.1 Å². The van der Waals surface area contributed by atoms with E-state index < -0.39 is 17.2 Å². The van der Waals surface area contributed by atoms with Crippen molar-refractivity contribution in [1.82, 2.24) is 9.47 Å². The monoisotopic (exact) mass is 405 g/mol. The first-order valence-corrected chi connectivity index (χ1v) is 9.77. The zero-order valence-electron chi connectivity index (χ0n) is 15.9. The SMILES string of the molecule is CN1C2(C)CN(c3c(F)cc4c(=O)c(C(=O)O)cn(C5CC5)c4c3Cl)CC12C. The average Bonchev–Trinajstić information content (AvgIpc) is 3.48. The van der Waals surface area contributed by atoms with Gasteiger partial charge in [0.05, 0.1) is 32.7 Å². The maximum Gasteiger partial charge on any atom is 0.341 e. The zero-order valence-corrected chi connectivity index (χ0v) is 16.7. The lowest BCUT2D eigenvalue weighted by atomic mass is 10.0. The number of fused-ring (bicyclic) bond motifs is 2. The van der Waals surface area contributed by atoms with E-state index >= 15 is 4.39 Å². The molecule has 3 aliphatic rings. The topological polar surface area (TPSA) is 65.6 Å². The molecule has 1 saturated carbocycles. The maximum absolute atomic E-state index is 15.1. The number of benzene rings is 1. The summed E-state index contributed by atoms with van der Waals surface area (Å²) in [6.07, 6.45) is 3.12. The van der Waals surface area contributed by atoms with Crippen LogP contribution in [0, 0.1) is 5.82 Å². The summed E-state index contributed by atoms with van der Waals surface area (Å²) in [4.78, 5) is 28.4. The van der Waals surface area contributed by atoms with Gasteiger partial charge in [-0.25, -0.2) is 9.18 Å². The standard InChI is InChI=1S/C20H21ClFN3O3/c1-19-8-24(9-20(19,2)23(19)3)16-13(22)6-11-15(14(16)21)25(10-4-5-10)7-12(17(11)26)18(27)28/h6-7,10H,4-5,8-9H2,1-3H3,(H,27,28). The molecule has 6 nitrogen and oxygen atoms in total. The van der Waals surface area contributed by atoms with Gasteiger partial charge in [0.2, 0.25) is 5.43 Å². The Kier molecular flexibility index (Phi) is 3.38. The Morgan fingerprint density at radius 1 is 1.29 bits per heavy atom. The van der Waals surface area contributed by atoms with Gasteiger partial charge in [-0.15, -0.1) is 0 Å². The molecule has 148 valence electrons. The van der Waals surface area contributed by atoms with E-state index in [2.05, 4.69) is 25.8 Å². The number of rotatable bonds is 3. The zero-order chi connectivity index (χ0) is 20.2. The number of pyridine rings is 1. The Bertz CT molecular complexity index is 1110. The molecule has 2 unspecified atom stereocenters. The number of carboxylic acid groups (broad SMARTS) is 1. The number of hydrogen-bond donors (Lipinski definition) is 1. The highest BCUT2D eigenvalue weighted by molar-refractivity contribution is 6.38. The molecule has 3 fully saturated rings. The molecule has 0 amide bonds. The summed E-state index contributed by atoms with van der Waals surface area (Å²) < 4.78 is 16.9. The third-order valence-corrected chi connectivity index (χ3v) is 7.62. The lowest BCUT2D eigenvalue weighted by molar-refractivity contribution is 0.0695. The van der Waals surface area contributed by atoms with Gasteiger partial charge in [-0.3, -0.25) is 9.69 Å². The number of carboxylic acids is 1. The summed E-state index contributed by atoms with van der Waals surface area (Å²) in [5, 5.41) is 9.59. The molecule has 2 aromatic rings. The molecule has 2 aliphatic heterocycles. The third-order valence-electron chi connectivity index (χ3n) is 7.26. The number of likely N-dealkylation sites (N-methyl/N-ethyl adjacent to an activating group) is 1. The average molecular weight is 406 g/mol. The normalized spacial score (nSPS) is 31.3. The van der Waals surface area contributed by atoms with Gasteiger partial charge < -0.3 is 14.6 Å². The number of piperazine rings is 1. The van der Waals surface area contributed by atoms with Gasteiger partial charge >= 0.3 is 5.97 Å². The van der Waals surface area contributed by atoms with Crippen molar-refractivity contribution in [2.24, 2.45) is 0 Å². The first-order valence-electron chi connectivity index (χ1n) is 9.39. The number of hydrogen-bond acceptors (Lipinski definition) is 4. The van der Waals surface area contributed by atoms with Crippen LogP contribution >= 0.6 is 11.6 Å². The summed E-state index contributed by atoms with van der Waals surface area (Å²) in [7, 11) is 2.06. The summed E-state index contributed by atoms with van der Waals surface area (Å²) >= 11 is 6.70. The van der Waals surface area contributed by atoms with E-state index in [1.165, 1.54) is 6.20 Å². The molecule has 3 heterocycles. The Morgan fingerprint density at radius 3 is 2.43 bits per heavy atom. The second kappa shape index (κ2) is 5.27. The Morgan fingerprint density at radius 2 is 1.89 bits per heavy atom. The van der Waals surface area contributed by atoms with Gasteiger partial charge in [0.25, 0.3) is 0 Å². The van der Waals surface area contributed by atoms with Crippen molar-refractivity contribution in [1.29, 1.82) is 0 Å². The van der Waals surface area contributed by atoms with E-state index in [0.29, 0.717) is 24.3 Å². The van der Waals surface area contributed by atoms with E-state index in [4.69, 9.17) is 11.6 Å². The molecule has 8 heteroatoms. The molecular formula is C20H21ClFN3O3. The van der Waals surface area contributed by atoms with E-state index in [1.54, 1.807) is 4.57 Å². The fraction of sp³-hybridized carbons (Fsp3) is 0.500. The van der Waals surface area contributed by atoms with Crippen LogP contribution in [0.3, 0.4) is 0 Å². The van der Waals surface area contributed by atoms with Crippen LogP contribution in [-0.2, 0) is 0 Å². The van der Waals surface area contributed by atoms with Gasteiger partial charge in [0.1, 0.15) is 11.4 Å². The summed E-state index contributed by atoms with van der Waals surface area (Å²) in [5.41, 5.74) is -0.405. The number of aromatic nitrogens is 1. The molecule has 0 radical (unpaired) electrons.